The number of hydrogen-bond donors (Lipinski definition) is 1. The van der Waals surface area contributed by atoms with Gasteiger partial charge in [-0.25, -0.2) is 0 Å². The maximum Gasteiger partial charge on any atom is 0.253 e. The highest BCUT2D eigenvalue weighted by Gasteiger charge is 2.13. The molecule has 21 heavy (non-hydrogen) atoms. The number of benzene rings is 1. The SMILES string of the molecule is CCCCCN(C)C(=O)c1ccc(OC)c(C#CCO)c1. The summed E-state index contributed by atoms with van der Waals surface area (Å²) >= 11 is 0. The number of aliphatic hydroxyl groups is 1. The quantitative estimate of drug-likeness (QED) is 0.646. The maximum absolute atomic E-state index is 12.4. The highest BCUT2D eigenvalue weighted by molar-refractivity contribution is 5.94. The lowest BCUT2D eigenvalue weighted by Crippen LogP contribution is -2.27. The van der Waals surface area contributed by atoms with E-state index in [0.717, 1.165) is 25.8 Å². The first-order valence-electron chi connectivity index (χ1n) is 7.17. The van der Waals surface area contributed by atoms with Crippen LogP contribution in [-0.4, -0.2) is 43.2 Å². The Hall–Kier alpha value is -1.99. The molecule has 1 N–H and O–H groups in total. The Labute approximate surface area is 126 Å². The van der Waals surface area contributed by atoms with E-state index in [4.69, 9.17) is 9.84 Å². The van der Waals surface area contributed by atoms with E-state index in [1.165, 1.54) is 0 Å². The zero-order valence-electron chi connectivity index (χ0n) is 13.0. The Bertz CT molecular complexity index is 529. The molecular formula is C17H23NO3. The van der Waals surface area contributed by atoms with Crippen molar-refractivity contribution in [3.8, 4) is 17.6 Å². The molecule has 0 spiro atoms. The van der Waals surface area contributed by atoms with Gasteiger partial charge in [-0.2, -0.15) is 0 Å². The number of rotatable bonds is 6. The van der Waals surface area contributed by atoms with Gasteiger partial charge in [-0.15, -0.1) is 0 Å². The van der Waals surface area contributed by atoms with Crippen LogP contribution in [0, 0.1) is 11.8 Å². The van der Waals surface area contributed by atoms with Gasteiger partial charge in [-0.05, 0) is 24.6 Å². The Balaban J connectivity index is 2.89. The molecule has 1 rings (SSSR count). The van der Waals surface area contributed by atoms with Crippen LogP contribution in [-0.2, 0) is 0 Å². The normalized spacial score (nSPS) is 9.71. The smallest absolute Gasteiger partial charge is 0.253 e. The van der Waals surface area contributed by atoms with E-state index in [1.807, 2.05) is 0 Å². The third-order valence-corrected chi connectivity index (χ3v) is 3.19. The molecule has 1 aromatic carbocycles. The van der Waals surface area contributed by atoms with Crippen molar-refractivity contribution in [2.24, 2.45) is 0 Å². The Morgan fingerprint density at radius 1 is 1.38 bits per heavy atom. The molecule has 0 aliphatic heterocycles. The Morgan fingerprint density at radius 3 is 2.76 bits per heavy atom. The largest absolute Gasteiger partial charge is 0.495 e. The van der Waals surface area contributed by atoms with Gasteiger partial charge in [0, 0.05) is 19.2 Å². The molecule has 0 radical (unpaired) electrons. The summed E-state index contributed by atoms with van der Waals surface area (Å²) in [6.45, 7) is 2.66. The molecule has 0 heterocycles. The van der Waals surface area contributed by atoms with Crippen molar-refractivity contribution in [1.82, 2.24) is 4.90 Å². The van der Waals surface area contributed by atoms with Gasteiger partial charge >= 0.3 is 0 Å². The molecule has 1 amide bonds. The summed E-state index contributed by atoms with van der Waals surface area (Å²) in [4.78, 5) is 14.1. The number of unbranched alkanes of at least 4 members (excludes halogenated alkanes) is 2. The van der Waals surface area contributed by atoms with E-state index >= 15 is 0 Å². The van der Waals surface area contributed by atoms with Crippen molar-refractivity contribution in [1.29, 1.82) is 0 Å². The van der Waals surface area contributed by atoms with E-state index in [1.54, 1.807) is 37.3 Å². The predicted octanol–water partition coefficient (Wildman–Crippen LogP) is 2.30. The van der Waals surface area contributed by atoms with Crippen LogP contribution in [0.2, 0.25) is 0 Å². The summed E-state index contributed by atoms with van der Waals surface area (Å²) in [6.07, 6.45) is 3.25. The Morgan fingerprint density at radius 2 is 2.14 bits per heavy atom. The standard InChI is InChI=1S/C17H23NO3/c1-4-5-6-11-18(2)17(20)15-9-10-16(21-3)14(13-15)8-7-12-19/h9-10,13,19H,4-6,11-12H2,1-3H3. The van der Waals surface area contributed by atoms with Crippen LogP contribution in [0.15, 0.2) is 18.2 Å². The highest BCUT2D eigenvalue weighted by Crippen LogP contribution is 2.19. The molecule has 0 atom stereocenters. The minimum Gasteiger partial charge on any atom is -0.495 e. The number of methoxy groups -OCH3 is 1. The maximum atomic E-state index is 12.4. The average Bonchev–Trinajstić information content (AvgIpc) is 2.51. The fraction of sp³-hybridized carbons (Fsp3) is 0.471. The molecule has 1 aromatic rings. The molecule has 4 nitrogen and oxygen atoms in total. The first-order chi connectivity index (χ1) is 10.1. The predicted molar refractivity (Wildman–Crippen MR) is 83.4 cm³/mol. The van der Waals surface area contributed by atoms with Crippen molar-refractivity contribution in [3.63, 3.8) is 0 Å². The zero-order chi connectivity index (χ0) is 15.7. The molecule has 0 fully saturated rings. The van der Waals surface area contributed by atoms with Gasteiger partial charge in [0.1, 0.15) is 12.4 Å². The van der Waals surface area contributed by atoms with Crippen LogP contribution < -0.4 is 4.74 Å². The van der Waals surface area contributed by atoms with E-state index in [0.29, 0.717) is 16.9 Å². The lowest BCUT2D eigenvalue weighted by Gasteiger charge is -2.17. The third kappa shape index (κ3) is 5.13. The number of aliphatic hydroxyl groups excluding tert-OH is 1. The summed E-state index contributed by atoms with van der Waals surface area (Å²) in [6, 6.07) is 5.18. The fourth-order valence-corrected chi connectivity index (χ4v) is 1.99. The van der Waals surface area contributed by atoms with E-state index in [9.17, 15) is 4.79 Å². The summed E-state index contributed by atoms with van der Waals surface area (Å²) < 4.78 is 5.21. The van der Waals surface area contributed by atoms with Gasteiger partial charge < -0.3 is 14.7 Å². The molecule has 0 saturated heterocycles. The van der Waals surface area contributed by atoms with Crippen LogP contribution in [0.5, 0.6) is 5.75 Å². The minimum atomic E-state index is -0.224. The van der Waals surface area contributed by atoms with Gasteiger partial charge in [0.05, 0.1) is 12.7 Å². The van der Waals surface area contributed by atoms with Gasteiger partial charge in [0.15, 0.2) is 0 Å². The summed E-state index contributed by atoms with van der Waals surface area (Å²) in [5.41, 5.74) is 1.19. The number of hydrogen-bond acceptors (Lipinski definition) is 3. The molecular weight excluding hydrogens is 266 g/mol. The Kier molecular flexibility index (Phi) is 7.34. The van der Waals surface area contributed by atoms with Crippen molar-refractivity contribution in [2.75, 3.05) is 27.3 Å². The van der Waals surface area contributed by atoms with Crippen LogP contribution >= 0.6 is 0 Å². The van der Waals surface area contributed by atoms with Crippen molar-refractivity contribution < 1.29 is 14.6 Å². The van der Waals surface area contributed by atoms with Gasteiger partial charge in [-0.1, -0.05) is 31.6 Å². The number of carbonyl (C=O) groups is 1. The van der Waals surface area contributed by atoms with Crippen LogP contribution in [0.1, 0.15) is 42.1 Å². The van der Waals surface area contributed by atoms with Crippen LogP contribution in [0.25, 0.3) is 0 Å². The molecule has 4 heteroatoms. The third-order valence-electron chi connectivity index (χ3n) is 3.19. The average molecular weight is 289 g/mol. The van der Waals surface area contributed by atoms with Crippen LogP contribution in [0.4, 0.5) is 0 Å². The first-order valence-corrected chi connectivity index (χ1v) is 7.17. The number of carbonyl (C=O) groups excluding carboxylic acids is 1. The highest BCUT2D eigenvalue weighted by atomic mass is 16.5. The summed E-state index contributed by atoms with van der Waals surface area (Å²) in [5, 5.41) is 8.79. The van der Waals surface area contributed by atoms with Crippen molar-refractivity contribution in [3.05, 3.63) is 29.3 Å². The zero-order valence-corrected chi connectivity index (χ0v) is 13.0. The monoisotopic (exact) mass is 289 g/mol. The molecule has 0 aromatic heterocycles. The van der Waals surface area contributed by atoms with Gasteiger partial charge in [0.25, 0.3) is 5.91 Å². The topological polar surface area (TPSA) is 49.8 Å². The first kappa shape index (κ1) is 17.1. The van der Waals surface area contributed by atoms with E-state index in [2.05, 4.69) is 18.8 Å². The van der Waals surface area contributed by atoms with Crippen molar-refractivity contribution in [2.45, 2.75) is 26.2 Å². The van der Waals surface area contributed by atoms with Crippen LogP contribution in [0.3, 0.4) is 0 Å². The second kappa shape index (κ2) is 9.04. The lowest BCUT2D eigenvalue weighted by molar-refractivity contribution is 0.0792. The molecule has 0 saturated carbocycles. The van der Waals surface area contributed by atoms with E-state index < -0.39 is 0 Å². The van der Waals surface area contributed by atoms with Crippen molar-refractivity contribution >= 4 is 5.91 Å². The molecule has 114 valence electrons. The second-order valence-corrected chi connectivity index (χ2v) is 4.81. The number of ether oxygens (including phenoxy) is 1. The molecule has 0 aliphatic rings. The summed E-state index contributed by atoms with van der Waals surface area (Å²) in [7, 11) is 3.36. The fourth-order valence-electron chi connectivity index (χ4n) is 1.99. The number of amides is 1. The van der Waals surface area contributed by atoms with E-state index in [-0.39, 0.29) is 12.5 Å². The second-order valence-electron chi connectivity index (χ2n) is 4.81. The molecule has 0 aliphatic carbocycles. The lowest BCUT2D eigenvalue weighted by atomic mass is 10.1. The minimum absolute atomic E-state index is 0.0270. The van der Waals surface area contributed by atoms with Gasteiger partial charge in [-0.3, -0.25) is 4.79 Å². The molecule has 0 bridgehead atoms. The summed E-state index contributed by atoms with van der Waals surface area (Å²) in [5.74, 6) is 5.95. The number of nitrogens with zero attached hydrogens (tertiary/aromatic N) is 1. The molecule has 0 unspecified atom stereocenters. The van der Waals surface area contributed by atoms with Gasteiger partial charge in [0.2, 0.25) is 0 Å².